The number of nitrogens with one attached hydrogen (secondary N) is 1. The standard InChI is InChI=1S/C19H24N4O2/c1-14-6-10-23(21-14)18-5-3-2-4-17(18)20-19(24)22-9-7-15(12-22)16-8-11-25-13-16/h2-6,10,15-16H,7-9,11-13H2,1H3,(H,20,24). The molecule has 0 saturated carbocycles. The predicted molar refractivity (Wildman–Crippen MR) is 95.9 cm³/mol. The number of carbonyl (C=O) groups is 1. The van der Waals surface area contributed by atoms with Gasteiger partial charge >= 0.3 is 6.03 Å². The van der Waals surface area contributed by atoms with Gasteiger partial charge in [0.25, 0.3) is 0 Å². The topological polar surface area (TPSA) is 59.4 Å². The summed E-state index contributed by atoms with van der Waals surface area (Å²) in [6.07, 6.45) is 4.11. The highest BCUT2D eigenvalue weighted by Gasteiger charge is 2.33. The predicted octanol–water partition coefficient (Wildman–Crippen LogP) is 3.07. The van der Waals surface area contributed by atoms with E-state index in [1.54, 1.807) is 4.68 Å². The first kappa shape index (κ1) is 16.1. The summed E-state index contributed by atoms with van der Waals surface area (Å²) in [5.74, 6) is 1.18. The Morgan fingerprint density at radius 3 is 2.88 bits per heavy atom. The molecular weight excluding hydrogens is 316 g/mol. The lowest BCUT2D eigenvalue weighted by Crippen LogP contribution is -2.34. The van der Waals surface area contributed by atoms with E-state index in [2.05, 4.69) is 10.4 Å². The average molecular weight is 340 g/mol. The second-order valence-electron chi connectivity index (χ2n) is 6.97. The molecule has 6 nitrogen and oxygen atoms in total. The number of ether oxygens (including phenoxy) is 1. The van der Waals surface area contributed by atoms with E-state index in [0.717, 1.165) is 56.2 Å². The van der Waals surface area contributed by atoms with E-state index < -0.39 is 0 Å². The van der Waals surface area contributed by atoms with Gasteiger partial charge in [-0.25, -0.2) is 9.48 Å². The summed E-state index contributed by atoms with van der Waals surface area (Å²) in [6, 6.07) is 9.69. The van der Waals surface area contributed by atoms with E-state index in [9.17, 15) is 4.79 Å². The Balaban J connectivity index is 1.45. The monoisotopic (exact) mass is 340 g/mol. The van der Waals surface area contributed by atoms with Crippen LogP contribution in [0, 0.1) is 18.8 Å². The number of rotatable bonds is 3. The van der Waals surface area contributed by atoms with Crippen LogP contribution in [0.5, 0.6) is 0 Å². The zero-order valence-electron chi connectivity index (χ0n) is 14.5. The van der Waals surface area contributed by atoms with Gasteiger partial charge in [0.1, 0.15) is 0 Å². The van der Waals surface area contributed by atoms with Crippen molar-refractivity contribution in [3.05, 3.63) is 42.2 Å². The smallest absolute Gasteiger partial charge is 0.321 e. The van der Waals surface area contributed by atoms with Crippen LogP contribution in [-0.2, 0) is 4.74 Å². The van der Waals surface area contributed by atoms with Crippen molar-refractivity contribution in [2.24, 2.45) is 11.8 Å². The van der Waals surface area contributed by atoms with Gasteiger partial charge in [0.05, 0.1) is 17.1 Å². The fraction of sp³-hybridized carbons (Fsp3) is 0.474. The molecule has 2 aliphatic rings. The minimum Gasteiger partial charge on any atom is -0.381 e. The molecule has 0 bridgehead atoms. The van der Waals surface area contributed by atoms with Crippen molar-refractivity contribution in [3.8, 4) is 5.69 Å². The molecule has 4 rings (SSSR count). The Morgan fingerprint density at radius 1 is 1.24 bits per heavy atom. The molecule has 0 radical (unpaired) electrons. The van der Waals surface area contributed by atoms with Crippen LogP contribution in [0.15, 0.2) is 36.5 Å². The maximum Gasteiger partial charge on any atom is 0.321 e. The largest absolute Gasteiger partial charge is 0.381 e. The molecule has 1 aromatic carbocycles. The molecule has 1 aromatic heterocycles. The summed E-state index contributed by atoms with van der Waals surface area (Å²) >= 11 is 0. The quantitative estimate of drug-likeness (QED) is 0.934. The minimum atomic E-state index is -0.0299. The van der Waals surface area contributed by atoms with Crippen LogP contribution in [-0.4, -0.2) is 47.0 Å². The van der Waals surface area contributed by atoms with E-state index in [4.69, 9.17) is 4.74 Å². The van der Waals surface area contributed by atoms with Gasteiger partial charge in [-0.05, 0) is 49.8 Å². The van der Waals surface area contributed by atoms with Gasteiger partial charge < -0.3 is 15.0 Å². The third kappa shape index (κ3) is 3.39. The summed E-state index contributed by atoms with van der Waals surface area (Å²) in [5.41, 5.74) is 2.61. The molecule has 2 fully saturated rings. The van der Waals surface area contributed by atoms with E-state index in [1.165, 1.54) is 0 Å². The lowest BCUT2D eigenvalue weighted by molar-refractivity contribution is 0.171. The van der Waals surface area contributed by atoms with Crippen molar-refractivity contribution >= 4 is 11.7 Å². The SMILES string of the molecule is Cc1ccn(-c2ccccc2NC(=O)N2CCC(C3CCOC3)C2)n1. The number of para-hydroxylation sites is 2. The average Bonchev–Trinajstić information content (AvgIpc) is 3.36. The van der Waals surface area contributed by atoms with Crippen molar-refractivity contribution in [2.75, 3.05) is 31.6 Å². The van der Waals surface area contributed by atoms with Crippen LogP contribution in [0.4, 0.5) is 10.5 Å². The Kier molecular flexibility index (Phi) is 4.44. The highest BCUT2D eigenvalue weighted by atomic mass is 16.5. The molecule has 1 N–H and O–H groups in total. The van der Waals surface area contributed by atoms with Crippen LogP contribution >= 0.6 is 0 Å². The van der Waals surface area contributed by atoms with Crippen molar-refractivity contribution in [1.82, 2.24) is 14.7 Å². The van der Waals surface area contributed by atoms with Crippen molar-refractivity contribution in [2.45, 2.75) is 19.8 Å². The van der Waals surface area contributed by atoms with Crippen LogP contribution in [0.1, 0.15) is 18.5 Å². The number of likely N-dealkylation sites (tertiary alicyclic amines) is 1. The molecule has 2 saturated heterocycles. The lowest BCUT2D eigenvalue weighted by atomic mass is 9.91. The van der Waals surface area contributed by atoms with Crippen molar-refractivity contribution in [1.29, 1.82) is 0 Å². The number of anilines is 1. The molecular formula is C19H24N4O2. The fourth-order valence-corrected chi connectivity index (χ4v) is 3.80. The Morgan fingerprint density at radius 2 is 2.12 bits per heavy atom. The number of urea groups is 1. The van der Waals surface area contributed by atoms with Crippen LogP contribution < -0.4 is 5.32 Å². The van der Waals surface area contributed by atoms with Gasteiger partial charge in [0.15, 0.2) is 0 Å². The highest BCUT2D eigenvalue weighted by Crippen LogP contribution is 2.30. The highest BCUT2D eigenvalue weighted by molar-refractivity contribution is 5.91. The summed E-state index contributed by atoms with van der Waals surface area (Å²) in [7, 11) is 0. The third-order valence-corrected chi connectivity index (χ3v) is 5.26. The molecule has 2 amide bonds. The lowest BCUT2D eigenvalue weighted by Gasteiger charge is -2.20. The first-order valence-electron chi connectivity index (χ1n) is 8.96. The van der Waals surface area contributed by atoms with Gasteiger partial charge in [-0.1, -0.05) is 12.1 Å². The fourth-order valence-electron chi connectivity index (χ4n) is 3.80. The van der Waals surface area contributed by atoms with Crippen LogP contribution in [0.25, 0.3) is 5.69 Å². The van der Waals surface area contributed by atoms with Crippen LogP contribution in [0.2, 0.25) is 0 Å². The van der Waals surface area contributed by atoms with E-state index in [1.807, 2.05) is 48.4 Å². The summed E-state index contributed by atoms with van der Waals surface area (Å²) in [4.78, 5) is 14.6. The number of carbonyl (C=O) groups excluding carboxylic acids is 1. The van der Waals surface area contributed by atoms with Crippen LogP contribution in [0.3, 0.4) is 0 Å². The summed E-state index contributed by atoms with van der Waals surface area (Å²) in [6.45, 7) is 5.30. The molecule has 6 heteroatoms. The number of hydrogen-bond donors (Lipinski definition) is 1. The molecule has 0 aliphatic carbocycles. The minimum absolute atomic E-state index is 0.0299. The number of hydrogen-bond acceptors (Lipinski definition) is 3. The summed E-state index contributed by atoms with van der Waals surface area (Å²) < 4.78 is 7.30. The Labute approximate surface area is 147 Å². The molecule has 2 aromatic rings. The number of aromatic nitrogens is 2. The normalized spacial score (nSPS) is 23.2. The second kappa shape index (κ2) is 6.88. The first-order valence-corrected chi connectivity index (χ1v) is 8.96. The first-order chi connectivity index (χ1) is 12.2. The molecule has 132 valence electrons. The Hall–Kier alpha value is -2.34. The zero-order chi connectivity index (χ0) is 17.2. The molecule has 2 unspecified atom stereocenters. The zero-order valence-corrected chi connectivity index (χ0v) is 14.5. The van der Waals surface area contributed by atoms with E-state index in [0.29, 0.717) is 11.8 Å². The molecule has 2 atom stereocenters. The number of aryl methyl sites for hydroxylation is 1. The van der Waals surface area contributed by atoms with Crippen molar-refractivity contribution in [3.63, 3.8) is 0 Å². The third-order valence-electron chi connectivity index (χ3n) is 5.26. The van der Waals surface area contributed by atoms with Gasteiger partial charge in [-0.3, -0.25) is 0 Å². The molecule has 0 spiro atoms. The number of benzene rings is 1. The second-order valence-corrected chi connectivity index (χ2v) is 6.97. The molecule has 2 aliphatic heterocycles. The van der Waals surface area contributed by atoms with Gasteiger partial charge in [0, 0.05) is 32.5 Å². The maximum absolute atomic E-state index is 12.7. The number of nitrogens with zero attached hydrogens (tertiary/aromatic N) is 3. The van der Waals surface area contributed by atoms with Gasteiger partial charge in [0.2, 0.25) is 0 Å². The van der Waals surface area contributed by atoms with Gasteiger partial charge in [-0.15, -0.1) is 0 Å². The van der Waals surface area contributed by atoms with Crippen molar-refractivity contribution < 1.29 is 9.53 Å². The molecule has 3 heterocycles. The van der Waals surface area contributed by atoms with Gasteiger partial charge in [-0.2, -0.15) is 5.10 Å². The maximum atomic E-state index is 12.7. The van der Waals surface area contributed by atoms with E-state index >= 15 is 0 Å². The van der Waals surface area contributed by atoms with E-state index in [-0.39, 0.29) is 6.03 Å². The Bertz CT molecular complexity index is 751. The molecule has 25 heavy (non-hydrogen) atoms. The number of amides is 2. The summed E-state index contributed by atoms with van der Waals surface area (Å²) in [5, 5.41) is 7.51.